The predicted octanol–water partition coefficient (Wildman–Crippen LogP) is 1.69. The Morgan fingerprint density at radius 3 is 2.82 bits per heavy atom. The lowest BCUT2D eigenvalue weighted by Gasteiger charge is -2.10. The number of hydrogen-bond acceptors (Lipinski definition) is 2. The van der Waals surface area contributed by atoms with Crippen molar-refractivity contribution in [3.05, 3.63) is 35.4 Å². The summed E-state index contributed by atoms with van der Waals surface area (Å²) in [6, 6.07) is 5.57. The van der Waals surface area contributed by atoms with Crippen LogP contribution in [0.15, 0.2) is 24.3 Å². The minimum absolute atomic E-state index is 0.0667. The largest absolute Gasteiger partial charge is 0.478 e. The van der Waals surface area contributed by atoms with E-state index >= 15 is 0 Å². The van der Waals surface area contributed by atoms with Gasteiger partial charge >= 0.3 is 5.97 Å². The summed E-state index contributed by atoms with van der Waals surface area (Å²) < 4.78 is 0. The van der Waals surface area contributed by atoms with Crippen molar-refractivity contribution in [1.29, 1.82) is 0 Å². The third kappa shape index (κ3) is 2.06. The van der Waals surface area contributed by atoms with Gasteiger partial charge in [0.25, 0.3) is 0 Å². The number of allylic oxidation sites excluding steroid dienone is 1. The van der Waals surface area contributed by atoms with Gasteiger partial charge in [0.2, 0.25) is 5.91 Å². The predicted molar refractivity (Wildman–Crippen MR) is 64.8 cm³/mol. The monoisotopic (exact) mass is 231 g/mol. The topological polar surface area (TPSA) is 57.6 Å². The van der Waals surface area contributed by atoms with Gasteiger partial charge in [0.1, 0.15) is 0 Å². The number of likely N-dealkylation sites (N-methyl/N-ethyl adjacent to an activating group) is 1. The van der Waals surface area contributed by atoms with Crippen molar-refractivity contribution >= 4 is 23.1 Å². The second kappa shape index (κ2) is 4.05. The molecule has 0 fully saturated rings. The normalized spacial score (nSPS) is 15.1. The molecule has 0 aliphatic carbocycles. The molecule has 0 aromatic heterocycles. The molecular weight excluding hydrogens is 218 g/mol. The van der Waals surface area contributed by atoms with E-state index in [0.29, 0.717) is 12.0 Å². The molecule has 1 aliphatic rings. The van der Waals surface area contributed by atoms with Crippen LogP contribution in [0.1, 0.15) is 18.1 Å². The lowest BCUT2D eigenvalue weighted by Crippen LogP contribution is -2.20. The van der Waals surface area contributed by atoms with Crippen LogP contribution in [0.4, 0.5) is 5.69 Å². The van der Waals surface area contributed by atoms with E-state index in [0.717, 1.165) is 16.8 Å². The third-order valence-corrected chi connectivity index (χ3v) is 2.95. The number of fused-ring (bicyclic) bond motifs is 1. The number of rotatable bonds is 2. The molecule has 0 spiro atoms. The summed E-state index contributed by atoms with van der Waals surface area (Å²) in [6.45, 7) is 1.75. The van der Waals surface area contributed by atoms with E-state index in [2.05, 4.69) is 0 Å². The lowest BCUT2D eigenvalue weighted by atomic mass is 10.0. The Morgan fingerprint density at radius 1 is 1.47 bits per heavy atom. The Hall–Kier alpha value is -2.10. The molecule has 0 saturated carbocycles. The van der Waals surface area contributed by atoms with E-state index in [1.54, 1.807) is 18.9 Å². The molecule has 1 amide bonds. The first-order chi connectivity index (χ1) is 7.99. The van der Waals surface area contributed by atoms with Crippen molar-refractivity contribution < 1.29 is 14.7 Å². The molecule has 1 aliphatic heterocycles. The molecule has 4 heteroatoms. The van der Waals surface area contributed by atoms with Crippen LogP contribution in [0.2, 0.25) is 0 Å². The fraction of sp³-hybridized carbons (Fsp3) is 0.231. The maximum absolute atomic E-state index is 11.5. The number of carboxylic acids is 1. The zero-order valence-corrected chi connectivity index (χ0v) is 9.73. The summed E-state index contributed by atoms with van der Waals surface area (Å²) in [4.78, 5) is 23.7. The Labute approximate surface area is 99.2 Å². The van der Waals surface area contributed by atoms with Crippen LogP contribution in [0, 0.1) is 0 Å². The van der Waals surface area contributed by atoms with Crippen LogP contribution in [0.3, 0.4) is 0 Å². The number of aliphatic carboxylic acids is 1. The molecule has 1 heterocycles. The highest BCUT2D eigenvalue weighted by Gasteiger charge is 2.23. The van der Waals surface area contributed by atoms with Crippen molar-refractivity contribution in [2.24, 2.45) is 0 Å². The zero-order chi connectivity index (χ0) is 12.6. The molecule has 1 aromatic rings. The van der Waals surface area contributed by atoms with Crippen LogP contribution in [0.5, 0.6) is 0 Å². The first-order valence-corrected chi connectivity index (χ1v) is 5.30. The Kier molecular flexibility index (Phi) is 2.71. The van der Waals surface area contributed by atoms with E-state index < -0.39 is 5.97 Å². The number of amides is 1. The molecule has 17 heavy (non-hydrogen) atoms. The van der Waals surface area contributed by atoms with Crippen LogP contribution in [-0.4, -0.2) is 24.0 Å². The van der Waals surface area contributed by atoms with Gasteiger partial charge in [-0.2, -0.15) is 0 Å². The van der Waals surface area contributed by atoms with Crippen LogP contribution in [-0.2, 0) is 16.0 Å². The van der Waals surface area contributed by atoms with Crippen LogP contribution >= 0.6 is 0 Å². The molecule has 0 bridgehead atoms. The zero-order valence-electron chi connectivity index (χ0n) is 9.73. The SMILES string of the molecule is C/C(=C\C(=O)O)c1ccc2c(c1)CC(=O)N2C. The van der Waals surface area contributed by atoms with Crippen LogP contribution in [0.25, 0.3) is 5.57 Å². The lowest BCUT2D eigenvalue weighted by molar-refractivity contribution is -0.131. The molecule has 2 rings (SSSR count). The van der Waals surface area contributed by atoms with Gasteiger partial charge in [0.15, 0.2) is 0 Å². The van der Waals surface area contributed by atoms with Gasteiger partial charge in [-0.3, -0.25) is 4.79 Å². The summed E-state index contributed by atoms with van der Waals surface area (Å²) in [6.07, 6.45) is 1.56. The Morgan fingerprint density at radius 2 is 2.18 bits per heavy atom. The highest BCUT2D eigenvalue weighted by Crippen LogP contribution is 2.30. The summed E-state index contributed by atoms with van der Waals surface area (Å²) in [5.41, 5.74) is 3.38. The highest BCUT2D eigenvalue weighted by atomic mass is 16.4. The molecule has 0 unspecified atom stereocenters. The van der Waals surface area contributed by atoms with E-state index in [1.165, 1.54) is 6.08 Å². The minimum Gasteiger partial charge on any atom is -0.478 e. The van der Waals surface area contributed by atoms with Crippen molar-refractivity contribution in [3.8, 4) is 0 Å². The van der Waals surface area contributed by atoms with Gasteiger partial charge in [0.05, 0.1) is 6.42 Å². The van der Waals surface area contributed by atoms with Gasteiger partial charge in [-0.25, -0.2) is 4.79 Å². The molecule has 0 atom stereocenters. The Balaban J connectivity index is 2.40. The molecule has 0 saturated heterocycles. The number of carbonyl (C=O) groups excluding carboxylic acids is 1. The summed E-state index contributed by atoms with van der Waals surface area (Å²) in [5, 5.41) is 8.68. The van der Waals surface area contributed by atoms with E-state index in [4.69, 9.17) is 5.11 Å². The van der Waals surface area contributed by atoms with E-state index in [9.17, 15) is 9.59 Å². The van der Waals surface area contributed by atoms with Crippen molar-refractivity contribution in [2.75, 3.05) is 11.9 Å². The Bertz CT molecular complexity index is 531. The highest BCUT2D eigenvalue weighted by molar-refractivity contribution is 6.01. The molecule has 1 N–H and O–H groups in total. The average molecular weight is 231 g/mol. The van der Waals surface area contributed by atoms with E-state index in [1.807, 2.05) is 18.2 Å². The second-order valence-electron chi connectivity index (χ2n) is 4.14. The van der Waals surface area contributed by atoms with Crippen molar-refractivity contribution in [2.45, 2.75) is 13.3 Å². The number of benzene rings is 1. The molecule has 0 radical (unpaired) electrons. The second-order valence-corrected chi connectivity index (χ2v) is 4.14. The van der Waals surface area contributed by atoms with Gasteiger partial charge < -0.3 is 10.0 Å². The summed E-state index contributed by atoms with van der Waals surface area (Å²) in [5.74, 6) is -0.895. The minimum atomic E-state index is -0.962. The van der Waals surface area contributed by atoms with Crippen molar-refractivity contribution in [1.82, 2.24) is 0 Å². The van der Waals surface area contributed by atoms with Gasteiger partial charge in [-0.15, -0.1) is 0 Å². The number of carbonyl (C=O) groups is 2. The number of nitrogens with zero attached hydrogens (tertiary/aromatic N) is 1. The molecule has 4 nitrogen and oxygen atoms in total. The summed E-state index contributed by atoms with van der Waals surface area (Å²) >= 11 is 0. The van der Waals surface area contributed by atoms with Gasteiger partial charge in [-0.05, 0) is 35.8 Å². The third-order valence-electron chi connectivity index (χ3n) is 2.95. The first kappa shape index (κ1) is 11.4. The number of hydrogen-bond donors (Lipinski definition) is 1. The maximum atomic E-state index is 11.5. The fourth-order valence-electron chi connectivity index (χ4n) is 1.98. The quantitative estimate of drug-likeness (QED) is 0.788. The van der Waals surface area contributed by atoms with Crippen molar-refractivity contribution in [3.63, 3.8) is 0 Å². The maximum Gasteiger partial charge on any atom is 0.328 e. The van der Waals surface area contributed by atoms with Gasteiger partial charge in [-0.1, -0.05) is 6.07 Å². The fourth-order valence-corrected chi connectivity index (χ4v) is 1.98. The average Bonchev–Trinajstić information content (AvgIpc) is 2.53. The molecular formula is C13H13NO3. The first-order valence-electron chi connectivity index (χ1n) is 5.30. The molecule has 88 valence electrons. The number of carboxylic acid groups (broad SMARTS) is 1. The molecule has 1 aromatic carbocycles. The smallest absolute Gasteiger partial charge is 0.328 e. The van der Waals surface area contributed by atoms with Crippen LogP contribution < -0.4 is 4.90 Å². The van der Waals surface area contributed by atoms with E-state index in [-0.39, 0.29) is 5.91 Å². The number of anilines is 1. The van der Waals surface area contributed by atoms with Gasteiger partial charge in [0, 0.05) is 18.8 Å². The summed E-state index contributed by atoms with van der Waals surface area (Å²) in [7, 11) is 1.74. The standard InChI is InChI=1S/C13H13NO3/c1-8(5-13(16)17)9-3-4-11-10(6-9)7-12(15)14(11)2/h3-6H,7H2,1-2H3,(H,16,17)/b8-5+.